The van der Waals surface area contributed by atoms with Crippen molar-refractivity contribution in [1.29, 1.82) is 0 Å². The Morgan fingerprint density at radius 1 is 0.552 bits per heavy atom. The molecular weight excluding hydrogens is 709 g/mol. The lowest BCUT2D eigenvalue weighted by atomic mass is 9.92. The van der Waals surface area contributed by atoms with E-state index in [0.717, 1.165) is 74.1 Å². The van der Waals surface area contributed by atoms with Crippen molar-refractivity contribution in [3.8, 4) is 28.5 Å². The van der Waals surface area contributed by atoms with E-state index < -0.39 is 0 Å². The van der Waals surface area contributed by atoms with Crippen LogP contribution in [0.15, 0.2) is 193 Å². The fourth-order valence-electron chi connectivity index (χ4n) is 9.03. The summed E-state index contributed by atoms with van der Waals surface area (Å²) < 4.78 is 4.89. The Kier molecular flexibility index (Phi) is 8.03. The van der Waals surface area contributed by atoms with E-state index in [0.29, 0.717) is 0 Å². The maximum absolute atomic E-state index is 5.39. The van der Waals surface area contributed by atoms with Gasteiger partial charge in [-0.05, 0) is 60.5 Å². The Balaban J connectivity index is 1.11. The smallest absolute Gasteiger partial charge is 0.138 e. The van der Waals surface area contributed by atoms with Crippen molar-refractivity contribution in [1.82, 2.24) is 24.0 Å². The molecule has 2 atom stereocenters. The average Bonchev–Trinajstić information content (AvgIpc) is 3.81. The topological polar surface area (TPSA) is 51.2 Å². The van der Waals surface area contributed by atoms with E-state index in [2.05, 4.69) is 186 Å². The molecule has 5 aromatic carbocycles. The molecule has 0 aliphatic carbocycles. The minimum Gasteiger partial charge on any atom is -0.349 e. The van der Waals surface area contributed by atoms with Gasteiger partial charge < -0.3 is 9.47 Å². The molecule has 4 aromatic heterocycles. The molecule has 0 saturated carbocycles. The molecule has 0 amide bonds. The highest BCUT2D eigenvalue weighted by molar-refractivity contribution is 6.23. The van der Waals surface area contributed by atoms with Gasteiger partial charge in [0.1, 0.15) is 12.0 Å². The van der Waals surface area contributed by atoms with Crippen LogP contribution in [0.4, 0.5) is 0 Å². The third kappa shape index (κ3) is 5.44. The van der Waals surface area contributed by atoms with Gasteiger partial charge in [-0.15, -0.1) is 0 Å². The predicted octanol–water partition coefficient (Wildman–Crippen LogP) is 12.4. The second-order valence-corrected chi connectivity index (χ2v) is 15.3. The molecule has 0 spiro atoms. The summed E-state index contributed by atoms with van der Waals surface area (Å²) in [5, 5.41) is 4.79. The van der Waals surface area contributed by atoms with Crippen LogP contribution in [0.1, 0.15) is 25.1 Å². The third-order valence-corrected chi connectivity index (χ3v) is 11.8. The monoisotopic (exact) mass is 748 g/mol. The van der Waals surface area contributed by atoms with Gasteiger partial charge in [-0.3, -0.25) is 9.56 Å². The number of aromatic nitrogens is 4. The van der Waals surface area contributed by atoms with Gasteiger partial charge in [-0.25, -0.2) is 9.97 Å². The van der Waals surface area contributed by atoms with Gasteiger partial charge in [-0.1, -0.05) is 140 Å². The van der Waals surface area contributed by atoms with Crippen molar-refractivity contribution in [2.24, 2.45) is 10.9 Å². The normalized spacial score (nSPS) is 16.9. The lowest BCUT2D eigenvalue weighted by molar-refractivity contribution is 0.297. The van der Waals surface area contributed by atoms with Crippen LogP contribution in [0.2, 0.25) is 0 Å². The maximum atomic E-state index is 5.39. The van der Waals surface area contributed by atoms with Crippen LogP contribution in [0.5, 0.6) is 0 Å². The number of hydrogen-bond donors (Lipinski definition) is 0. The van der Waals surface area contributed by atoms with Gasteiger partial charge in [0.05, 0.1) is 56.3 Å². The zero-order valence-corrected chi connectivity index (χ0v) is 32.4. The molecule has 6 heterocycles. The first-order chi connectivity index (χ1) is 28.6. The number of fused-ring (bicyclic) bond motifs is 7. The average molecular weight is 749 g/mol. The van der Waals surface area contributed by atoms with E-state index in [1.807, 2.05) is 24.3 Å². The fraction of sp³-hybridized carbons (Fsp3) is 0.0962. The van der Waals surface area contributed by atoms with Crippen molar-refractivity contribution in [2.45, 2.75) is 19.5 Å². The van der Waals surface area contributed by atoms with E-state index in [1.165, 1.54) is 27.1 Å². The fourth-order valence-corrected chi connectivity index (χ4v) is 9.03. The van der Waals surface area contributed by atoms with Crippen LogP contribution in [0.3, 0.4) is 0 Å². The third-order valence-electron chi connectivity index (χ3n) is 11.8. The standard InChI is InChI=1S/C52H40N6/c1-34-30-33-42(36-18-7-4-8-19-36)55-50(34)47-27-15-29-49(56(47)2)58-46-26-12-10-21-38(46)40-32-31-39-37-20-9-11-25-45(37)57(51(39)52(40)58)48-28-14-24-44(54-48)43-23-13-22-41(53-43)35-16-5-3-6-17-35/h3-29,31-34,49H,30H2,1-2H3. The summed E-state index contributed by atoms with van der Waals surface area (Å²) >= 11 is 0. The van der Waals surface area contributed by atoms with Gasteiger partial charge >= 0.3 is 0 Å². The summed E-state index contributed by atoms with van der Waals surface area (Å²) in [6.45, 7) is 2.29. The summed E-state index contributed by atoms with van der Waals surface area (Å²) in [6, 6.07) is 55.4. The first-order valence-electron chi connectivity index (χ1n) is 20.0. The predicted molar refractivity (Wildman–Crippen MR) is 240 cm³/mol. The van der Waals surface area contributed by atoms with Crippen molar-refractivity contribution in [2.75, 3.05) is 7.05 Å². The minimum atomic E-state index is -0.121. The molecule has 278 valence electrons. The highest BCUT2D eigenvalue weighted by Gasteiger charge is 2.30. The van der Waals surface area contributed by atoms with Crippen molar-refractivity contribution >= 4 is 55.0 Å². The van der Waals surface area contributed by atoms with Crippen LogP contribution in [0, 0.1) is 5.92 Å². The van der Waals surface area contributed by atoms with E-state index in [-0.39, 0.29) is 12.1 Å². The summed E-state index contributed by atoms with van der Waals surface area (Å²) in [5.74, 6) is 1.13. The van der Waals surface area contributed by atoms with Crippen LogP contribution in [-0.2, 0) is 0 Å². The van der Waals surface area contributed by atoms with Crippen LogP contribution < -0.4 is 0 Å². The van der Waals surface area contributed by atoms with Crippen molar-refractivity contribution in [3.05, 3.63) is 193 Å². The number of aliphatic imine (C=N–C) groups is 1. The van der Waals surface area contributed by atoms with E-state index in [4.69, 9.17) is 15.0 Å². The largest absolute Gasteiger partial charge is 0.349 e. The minimum absolute atomic E-state index is 0.121. The Morgan fingerprint density at radius 2 is 1.17 bits per heavy atom. The number of allylic oxidation sites excluding steroid dienone is 4. The molecule has 0 radical (unpaired) electrons. The van der Waals surface area contributed by atoms with Crippen LogP contribution in [-0.4, -0.2) is 36.8 Å². The molecule has 0 saturated heterocycles. The molecule has 2 aliphatic heterocycles. The number of pyridine rings is 2. The number of nitrogens with zero attached hydrogens (tertiary/aromatic N) is 6. The quantitative estimate of drug-likeness (QED) is 0.170. The Labute approximate surface area is 337 Å². The number of benzene rings is 5. The highest BCUT2D eigenvalue weighted by Crippen LogP contribution is 2.43. The van der Waals surface area contributed by atoms with Gasteiger partial charge in [-0.2, -0.15) is 0 Å². The SMILES string of the molecule is CC1CC=C(c2ccccc2)N=C1C1=CC=CC(n2c3ccccc3c3ccc4c5ccccc5n(-c5cccc(-c6cccc(-c7ccccc7)n6)n5)c4c32)N1C. The highest BCUT2D eigenvalue weighted by atomic mass is 15.3. The second kappa shape index (κ2) is 13.7. The van der Waals surface area contributed by atoms with Gasteiger partial charge in [0.2, 0.25) is 0 Å². The first kappa shape index (κ1) is 34.0. The Hall–Kier alpha value is -7.31. The van der Waals surface area contributed by atoms with Gasteiger partial charge in [0.15, 0.2) is 0 Å². The van der Waals surface area contributed by atoms with E-state index in [1.54, 1.807) is 0 Å². The summed E-state index contributed by atoms with van der Waals surface area (Å²) in [5.41, 5.74) is 12.7. The lowest BCUT2D eigenvalue weighted by Crippen LogP contribution is -2.35. The molecule has 0 N–H and O–H groups in total. The molecule has 11 rings (SSSR count). The Morgan fingerprint density at radius 3 is 1.95 bits per heavy atom. The van der Waals surface area contributed by atoms with Gasteiger partial charge in [0, 0.05) is 40.1 Å². The summed E-state index contributed by atoms with van der Waals surface area (Å²) in [6.07, 6.45) is 9.86. The molecule has 2 unspecified atom stereocenters. The molecule has 0 bridgehead atoms. The van der Waals surface area contributed by atoms with Crippen molar-refractivity contribution < 1.29 is 0 Å². The molecule has 6 heteroatoms. The molecule has 9 aromatic rings. The number of para-hydroxylation sites is 2. The Bertz CT molecular complexity index is 3180. The molecule has 2 aliphatic rings. The zero-order valence-electron chi connectivity index (χ0n) is 32.4. The first-order valence-corrected chi connectivity index (χ1v) is 20.0. The molecule has 0 fully saturated rings. The van der Waals surface area contributed by atoms with E-state index in [9.17, 15) is 0 Å². The number of hydrogen-bond acceptors (Lipinski definition) is 4. The maximum Gasteiger partial charge on any atom is 0.138 e. The molecular formula is C52H40N6. The van der Waals surface area contributed by atoms with Crippen molar-refractivity contribution in [3.63, 3.8) is 0 Å². The zero-order chi connectivity index (χ0) is 38.7. The molecule has 6 nitrogen and oxygen atoms in total. The number of likely N-dealkylation sites (N-methyl/N-ethyl adjacent to an activating group) is 1. The van der Waals surface area contributed by atoms with Crippen LogP contribution >= 0.6 is 0 Å². The van der Waals surface area contributed by atoms with E-state index >= 15 is 0 Å². The number of rotatable bonds is 6. The molecule has 58 heavy (non-hydrogen) atoms. The summed E-state index contributed by atoms with van der Waals surface area (Å²) in [7, 11) is 2.22. The lowest BCUT2D eigenvalue weighted by Gasteiger charge is -2.36. The second-order valence-electron chi connectivity index (χ2n) is 15.3. The summed E-state index contributed by atoms with van der Waals surface area (Å²) in [4.78, 5) is 18.2. The van der Waals surface area contributed by atoms with Crippen LogP contribution in [0.25, 0.3) is 77.8 Å². The van der Waals surface area contributed by atoms with Gasteiger partial charge in [0.25, 0.3) is 0 Å².